The van der Waals surface area contributed by atoms with Crippen molar-refractivity contribution in [3.05, 3.63) is 18.0 Å². The lowest BCUT2D eigenvalue weighted by Gasteiger charge is -2.08. The highest BCUT2D eigenvalue weighted by Crippen LogP contribution is 1.94. The van der Waals surface area contributed by atoms with Gasteiger partial charge in [-0.15, -0.1) is 0 Å². The van der Waals surface area contributed by atoms with Crippen LogP contribution in [0.3, 0.4) is 0 Å². The van der Waals surface area contributed by atoms with Crippen molar-refractivity contribution in [1.29, 1.82) is 0 Å². The monoisotopic (exact) mass is 210 g/mol. The van der Waals surface area contributed by atoms with Crippen LogP contribution in [0.1, 0.15) is 19.4 Å². The Hall–Kier alpha value is -1.36. The maximum absolute atomic E-state index is 11.3. The van der Waals surface area contributed by atoms with E-state index < -0.39 is 0 Å². The van der Waals surface area contributed by atoms with Crippen LogP contribution in [-0.4, -0.2) is 28.3 Å². The highest BCUT2D eigenvalue weighted by molar-refractivity contribution is 5.78. The van der Waals surface area contributed by atoms with Gasteiger partial charge in [0.2, 0.25) is 5.91 Å². The second kappa shape index (κ2) is 5.50. The number of aromatic nitrogens is 2. The molecule has 15 heavy (non-hydrogen) atoms. The number of hydrogen-bond acceptors (Lipinski definition) is 3. The van der Waals surface area contributed by atoms with Crippen molar-refractivity contribution in [2.75, 3.05) is 6.54 Å². The normalized spacial score (nSPS) is 10.7. The second-order valence-corrected chi connectivity index (χ2v) is 3.85. The Bertz CT molecular complexity index is 319. The van der Waals surface area contributed by atoms with Crippen LogP contribution >= 0.6 is 0 Å². The summed E-state index contributed by atoms with van der Waals surface area (Å²) >= 11 is 0. The van der Waals surface area contributed by atoms with Gasteiger partial charge in [0, 0.05) is 31.4 Å². The highest BCUT2D eigenvalue weighted by atomic mass is 16.1. The molecule has 1 aromatic heterocycles. The van der Waals surface area contributed by atoms with Crippen LogP contribution in [0.15, 0.2) is 12.4 Å². The van der Waals surface area contributed by atoms with Gasteiger partial charge in [0.15, 0.2) is 0 Å². The van der Waals surface area contributed by atoms with Crippen molar-refractivity contribution < 1.29 is 4.79 Å². The van der Waals surface area contributed by atoms with E-state index in [0.29, 0.717) is 13.1 Å². The molecule has 0 spiro atoms. The molecular formula is C10H18N4O. The smallest absolute Gasteiger partial charge is 0.234 e. The molecule has 0 bridgehead atoms. The number of aryl methyl sites for hydroxylation is 1. The van der Waals surface area contributed by atoms with E-state index in [1.807, 2.05) is 27.1 Å². The molecule has 0 saturated carbocycles. The van der Waals surface area contributed by atoms with Crippen molar-refractivity contribution in [2.45, 2.75) is 26.4 Å². The molecule has 1 heterocycles. The third kappa shape index (κ3) is 4.60. The molecule has 5 nitrogen and oxygen atoms in total. The summed E-state index contributed by atoms with van der Waals surface area (Å²) in [5.41, 5.74) is 1.08. The van der Waals surface area contributed by atoms with Gasteiger partial charge in [-0.2, -0.15) is 5.10 Å². The number of carbonyl (C=O) groups excluding carboxylic acids is 1. The van der Waals surface area contributed by atoms with Crippen molar-refractivity contribution in [2.24, 2.45) is 7.05 Å². The molecule has 0 fully saturated rings. The minimum Gasteiger partial charge on any atom is -0.353 e. The van der Waals surface area contributed by atoms with Crippen molar-refractivity contribution in [3.63, 3.8) is 0 Å². The van der Waals surface area contributed by atoms with E-state index in [1.54, 1.807) is 10.9 Å². The summed E-state index contributed by atoms with van der Waals surface area (Å²) in [6.45, 7) is 4.89. The zero-order valence-corrected chi connectivity index (χ0v) is 9.45. The minimum atomic E-state index is 0.0221. The summed E-state index contributed by atoms with van der Waals surface area (Å²) in [4.78, 5) is 11.3. The van der Waals surface area contributed by atoms with Gasteiger partial charge in [-0.25, -0.2) is 0 Å². The van der Waals surface area contributed by atoms with Gasteiger partial charge in [0.1, 0.15) is 0 Å². The SMILES string of the molecule is CC(C)NC(=O)CNCc1cnn(C)c1. The van der Waals surface area contributed by atoms with Crippen LogP contribution in [0.25, 0.3) is 0 Å². The van der Waals surface area contributed by atoms with Crippen LogP contribution in [0, 0.1) is 0 Å². The van der Waals surface area contributed by atoms with E-state index in [2.05, 4.69) is 15.7 Å². The average molecular weight is 210 g/mol. The minimum absolute atomic E-state index is 0.0221. The summed E-state index contributed by atoms with van der Waals surface area (Å²) in [7, 11) is 1.87. The molecule has 5 heteroatoms. The lowest BCUT2D eigenvalue weighted by atomic mass is 10.3. The third-order valence-corrected chi connectivity index (χ3v) is 1.82. The van der Waals surface area contributed by atoms with Gasteiger partial charge in [-0.05, 0) is 13.8 Å². The van der Waals surface area contributed by atoms with Crippen LogP contribution in [-0.2, 0) is 18.4 Å². The van der Waals surface area contributed by atoms with Crippen LogP contribution < -0.4 is 10.6 Å². The van der Waals surface area contributed by atoms with Crippen molar-refractivity contribution in [3.8, 4) is 0 Å². The number of nitrogens with zero attached hydrogens (tertiary/aromatic N) is 2. The molecule has 1 aromatic rings. The predicted octanol–water partition coefficient (Wildman–Crippen LogP) is 0.0343. The van der Waals surface area contributed by atoms with Gasteiger partial charge in [0.25, 0.3) is 0 Å². The number of amides is 1. The molecule has 0 atom stereocenters. The first-order valence-electron chi connectivity index (χ1n) is 5.05. The molecular weight excluding hydrogens is 192 g/mol. The average Bonchev–Trinajstić information content (AvgIpc) is 2.50. The zero-order valence-electron chi connectivity index (χ0n) is 9.45. The second-order valence-electron chi connectivity index (χ2n) is 3.85. The molecule has 0 aliphatic rings. The van der Waals surface area contributed by atoms with Crippen LogP contribution in [0.2, 0.25) is 0 Å². The molecule has 0 aromatic carbocycles. The Morgan fingerprint density at radius 1 is 1.60 bits per heavy atom. The number of nitrogens with one attached hydrogen (secondary N) is 2. The van der Waals surface area contributed by atoms with Crippen LogP contribution in [0.4, 0.5) is 0 Å². The van der Waals surface area contributed by atoms with Gasteiger partial charge in [0.05, 0.1) is 12.7 Å². The van der Waals surface area contributed by atoms with Gasteiger partial charge in [-0.1, -0.05) is 0 Å². The molecule has 0 unspecified atom stereocenters. The lowest BCUT2D eigenvalue weighted by molar-refractivity contribution is -0.120. The first kappa shape index (κ1) is 11.7. The van der Waals surface area contributed by atoms with Crippen molar-refractivity contribution in [1.82, 2.24) is 20.4 Å². The molecule has 0 saturated heterocycles. The fourth-order valence-corrected chi connectivity index (χ4v) is 1.26. The summed E-state index contributed by atoms with van der Waals surface area (Å²) < 4.78 is 1.74. The first-order chi connectivity index (χ1) is 7.08. The molecule has 1 amide bonds. The number of carbonyl (C=O) groups is 1. The van der Waals surface area contributed by atoms with E-state index in [-0.39, 0.29) is 11.9 Å². The third-order valence-electron chi connectivity index (χ3n) is 1.82. The number of rotatable bonds is 5. The fourth-order valence-electron chi connectivity index (χ4n) is 1.26. The Morgan fingerprint density at radius 2 is 2.33 bits per heavy atom. The first-order valence-corrected chi connectivity index (χ1v) is 5.05. The maximum atomic E-state index is 11.3. The molecule has 0 radical (unpaired) electrons. The highest BCUT2D eigenvalue weighted by Gasteiger charge is 2.02. The van der Waals surface area contributed by atoms with Gasteiger partial charge >= 0.3 is 0 Å². The number of hydrogen-bond donors (Lipinski definition) is 2. The summed E-state index contributed by atoms with van der Waals surface area (Å²) in [6.07, 6.45) is 3.71. The van der Waals surface area contributed by atoms with E-state index >= 15 is 0 Å². The zero-order chi connectivity index (χ0) is 11.3. The molecule has 0 aliphatic carbocycles. The Kier molecular flexibility index (Phi) is 4.30. The van der Waals surface area contributed by atoms with E-state index in [4.69, 9.17) is 0 Å². The molecule has 84 valence electrons. The van der Waals surface area contributed by atoms with Crippen molar-refractivity contribution >= 4 is 5.91 Å². The fraction of sp³-hybridized carbons (Fsp3) is 0.600. The largest absolute Gasteiger partial charge is 0.353 e. The van der Waals surface area contributed by atoms with E-state index in [9.17, 15) is 4.79 Å². The Morgan fingerprint density at radius 3 is 2.87 bits per heavy atom. The van der Waals surface area contributed by atoms with Crippen LogP contribution in [0.5, 0.6) is 0 Å². The van der Waals surface area contributed by atoms with E-state index in [1.165, 1.54) is 0 Å². The summed E-state index contributed by atoms with van der Waals surface area (Å²) in [5.74, 6) is 0.0221. The maximum Gasteiger partial charge on any atom is 0.234 e. The molecule has 2 N–H and O–H groups in total. The van der Waals surface area contributed by atoms with Gasteiger partial charge in [-0.3, -0.25) is 9.48 Å². The Balaban J connectivity index is 2.19. The standard InChI is InChI=1S/C10H18N4O/c1-8(2)13-10(15)6-11-4-9-5-12-14(3)7-9/h5,7-8,11H,4,6H2,1-3H3,(H,13,15). The predicted molar refractivity (Wildman–Crippen MR) is 58.2 cm³/mol. The quantitative estimate of drug-likeness (QED) is 0.721. The summed E-state index contributed by atoms with van der Waals surface area (Å²) in [5, 5.41) is 9.91. The molecule has 0 aliphatic heterocycles. The topological polar surface area (TPSA) is 59.0 Å². The Labute approximate surface area is 89.9 Å². The van der Waals surface area contributed by atoms with Gasteiger partial charge < -0.3 is 10.6 Å². The van der Waals surface area contributed by atoms with E-state index in [0.717, 1.165) is 5.56 Å². The lowest BCUT2D eigenvalue weighted by Crippen LogP contribution is -2.37. The summed E-state index contributed by atoms with van der Waals surface area (Å²) in [6, 6.07) is 0.192. The molecule has 1 rings (SSSR count).